The molecule has 0 saturated heterocycles. The summed E-state index contributed by atoms with van der Waals surface area (Å²) in [5.41, 5.74) is 2.42. The number of anilines is 1. The summed E-state index contributed by atoms with van der Waals surface area (Å²) >= 11 is 0. The van der Waals surface area contributed by atoms with E-state index in [1.165, 1.54) is 6.33 Å². The molecule has 23 heavy (non-hydrogen) atoms. The van der Waals surface area contributed by atoms with E-state index < -0.39 is 0 Å². The third-order valence-corrected chi connectivity index (χ3v) is 3.31. The van der Waals surface area contributed by atoms with E-state index in [4.69, 9.17) is 4.74 Å². The quantitative estimate of drug-likeness (QED) is 0.773. The Morgan fingerprint density at radius 2 is 1.87 bits per heavy atom. The third-order valence-electron chi connectivity index (χ3n) is 3.31. The van der Waals surface area contributed by atoms with Gasteiger partial charge >= 0.3 is 0 Å². The predicted octanol–water partition coefficient (Wildman–Crippen LogP) is 3.57. The maximum absolute atomic E-state index is 11.9. The summed E-state index contributed by atoms with van der Waals surface area (Å²) < 4.78 is 5.13. The maximum Gasteiger partial charge on any atom is 0.260 e. The van der Waals surface area contributed by atoms with Gasteiger partial charge in [0.1, 0.15) is 5.75 Å². The van der Waals surface area contributed by atoms with Crippen LogP contribution in [0.3, 0.4) is 0 Å². The molecule has 0 aliphatic heterocycles. The van der Waals surface area contributed by atoms with Gasteiger partial charge in [0.2, 0.25) is 0 Å². The highest BCUT2D eigenvalue weighted by Gasteiger charge is 2.05. The van der Waals surface area contributed by atoms with E-state index in [0.717, 1.165) is 17.0 Å². The van der Waals surface area contributed by atoms with Gasteiger partial charge in [-0.2, -0.15) is 0 Å². The normalized spacial score (nSPS) is 9.87. The number of aromatic nitrogens is 2. The topological polar surface area (TPSA) is 67.0 Å². The second kappa shape index (κ2) is 7.98. The van der Waals surface area contributed by atoms with Crippen molar-refractivity contribution in [3.63, 3.8) is 0 Å². The number of methoxy groups -OCH3 is 1. The lowest BCUT2D eigenvalue weighted by molar-refractivity contribution is 0.414. The molecule has 0 atom stereocenters. The average molecular weight is 311 g/mol. The minimum absolute atomic E-state index is 0.141. The lowest BCUT2D eigenvalue weighted by Crippen LogP contribution is -2.10. The highest BCUT2D eigenvalue weighted by Crippen LogP contribution is 2.19. The van der Waals surface area contributed by atoms with E-state index in [0.29, 0.717) is 17.4 Å². The van der Waals surface area contributed by atoms with E-state index in [9.17, 15) is 4.79 Å². The summed E-state index contributed by atoms with van der Waals surface area (Å²) in [4.78, 5) is 18.7. The van der Waals surface area contributed by atoms with Crippen LogP contribution >= 0.6 is 0 Å². The molecule has 3 aromatic rings. The van der Waals surface area contributed by atoms with Crippen LogP contribution in [0.25, 0.3) is 10.9 Å². The summed E-state index contributed by atoms with van der Waals surface area (Å²) in [6, 6.07) is 13.4. The standard InChI is InChI=1S/C16H15N3O2.C2H6/c1-21-12-7-5-11(6-8-12)9-17-13-3-2-4-14-15(13)16(20)19-10-18-14;1-2/h2-8,10,17H,9H2,1H3,(H,18,19,20);1-2H3. The third kappa shape index (κ3) is 3.88. The Labute approximate surface area is 135 Å². The minimum Gasteiger partial charge on any atom is -0.497 e. The van der Waals surface area contributed by atoms with Crippen molar-refractivity contribution < 1.29 is 4.74 Å². The lowest BCUT2D eigenvalue weighted by Gasteiger charge is -2.09. The van der Waals surface area contributed by atoms with E-state index in [-0.39, 0.29) is 5.56 Å². The summed E-state index contributed by atoms with van der Waals surface area (Å²) in [6.45, 7) is 4.62. The first-order valence-electron chi connectivity index (χ1n) is 7.61. The Hall–Kier alpha value is -2.82. The predicted molar refractivity (Wildman–Crippen MR) is 94.0 cm³/mol. The van der Waals surface area contributed by atoms with Crippen LogP contribution in [-0.2, 0) is 6.54 Å². The van der Waals surface area contributed by atoms with Crippen LogP contribution in [0.5, 0.6) is 5.75 Å². The van der Waals surface area contributed by atoms with Crippen molar-refractivity contribution in [3.05, 3.63) is 64.7 Å². The number of H-pyrrole nitrogens is 1. The smallest absolute Gasteiger partial charge is 0.260 e. The number of benzene rings is 2. The Kier molecular flexibility index (Phi) is 5.74. The molecule has 1 heterocycles. The molecule has 0 aliphatic rings. The second-order valence-corrected chi connectivity index (χ2v) is 4.63. The van der Waals surface area contributed by atoms with Crippen LogP contribution in [-0.4, -0.2) is 17.1 Å². The fraction of sp³-hybridized carbons (Fsp3) is 0.222. The molecule has 2 N–H and O–H groups in total. The molecule has 0 saturated carbocycles. The zero-order valence-electron chi connectivity index (χ0n) is 13.6. The zero-order chi connectivity index (χ0) is 16.7. The molecular weight excluding hydrogens is 290 g/mol. The van der Waals surface area contributed by atoms with Gasteiger partial charge in [0.15, 0.2) is 0 Å². The molecule has 0 unspecified atom stereocenters. The first-order chi connectivity index (χ1) is 11.3. The summed E-state index contributed by atoms with van der Waals surface area (Å²) in [7, 11) is 1.64. The number of fused-ring (bicyclic) bond motifs is 1. The van der Waals surface area contributed by atoms with Crippen LogP contribution in [0, 0.1) is 0 Å². The molecule has 3 rings (SSSR count). The van der Waals surface area contributed by atoms with E-state index in [2.05, 4.69) is 15.3 Å². The van der Waals surface area contributed by atoms with E-state index in [1.54, 1.807) is 7.11 Å². The van der Waals surface area contributed by atoms with Gasteiger partial charge in [0, 0.05) is 12.2 Å². The van der Waals surface area contributed by atoms with E-state index in [1.807, 2.05) is 56.3 Å². The number of hydrogen-bond acceptors (Lipinski definition) is 4. The largest absolute Gasteiger partial charge is 0.497 e. The van der Waals surface area contributed by atoms with Crippen molar-refractivity contribution in [2.24, 2.45) is 0 Å². The van der Waals surface area contributed by atoms with Gasteiger partial charge in [-0.3, -0.25) is 4.79 Å². The number of aromatic amines is 1. The van der Waals surface area contributed by atoms with Gasteiger partial charge in [-0.15, -0.1) is 0 Å². The summed E-state index contributed by atoms with van der Waals surface area (Å²) in [5, 5.41) is 3.86. The lowest BCUT2D eigenvalue weighted by atomic mass is 10.2. The van der Waals surface area contributed by atoms with Crippen molar-refractivity contribution >= 4 is 16.6 Å². The van der Waals surface area contributed by atoms with Crippen molar-refractivity contribution in [2.75, 3.05) is 12.4 Å². The fourth-order valence-electron chi connectivity index (χ4n) is 2.21. The average Bonchev–Trinajstić information content (AvgIpc) is 2.62. The van der Waals surface area contributed by atoms with Crippen molar-refractivity contribution in [1.29, 1.82) is 0 Å². The molecule has 0 bridgehead atoms. The molecule has 120 valence electrons. The van der Waals surface area contributed by atoms with Crippen molar-refractivity contribution in [2.45, 2.75) is 20.4 Å². The van der Waals surface area contributed by atoms with Crippen LogP contribution in [0.15, 0.2) is 53.6 Å². The Balaban J connectivity index is 0.000000924. The number of rotatable bonds is 4. The molecule has 5 heteroatoms. The number of nitrogens with one attached hydrogen (secondary N) is 2. The summed E-state index contributed by atoms with van der Waals surface area (Å²) in [5.74, 6) is 0.824. The highest BCUT2D eigenvalue weighted by molar-refractivity contribution is 5.90. The molecular formula is C18H21N3O2. The van der Waals surface area contributed by atoms with Crippen LogP contribution < -0.4 is 15.6 Å². The molecule has 0 fully saturated rings. The van der Waals surface area contributed by atoms with Gasteiger partial charge in [0.25, 0.3) is 5.56 Å². The highest BCUT2D eigenvalue weighted by atomic mass is 16.5. The van der Waals surface area contributed by atoms with Gasteiger partial charge in [-0.05, 0) is 29.8 Å². The fourth-order valence-corrected chi connectivity index (χ4v) is 2.21. The Morgan fingerprint density at radius 3 is 2.57 bits per heavy atom. The molecule has 0 radical (unpaired) electrons. The van der Waals surface area contributed by atoms with Crippen molar-refractivity contribution in [3.8, 4) is 5.75 Å². The number of hydrogen-bond donors (Lipinski definition) is 2. The Bertz CT molecular complexity index is 805. The number of ether oxygens (including phenoxy) is 1. The molecule has 0 spiro atoms. The van der Waals surface area contributed by atoms with Gasteiger partial charge in [-0.1, -0.05) is 32.0 Å². The molecule has 0 aliphatic carbocycles. The zero-order valence-corrected chi connectivity index (χ0v) is 13.6. The van der Waals surface area contributed by atoms with Crippen LogP contribution in [0.1, 0.15) is 19.4 Å². The summed E-state index contributed by atoms with van der Waals surface area (Å²) in [6.07, 6.45) is 1.41. The molecule has 2 aromatic carbocycles. The second-order valence-electron chi connectivity index (χ2n) is 4.63. The first kappa shape index (κ1) is 16.5. The van der Waals surface area contributed by atoms with Crippen molar-refractivity contribution in [1.82, 2.24) is 9.97 Å². The van der Waals surface area contributed by atoms with Crippen LogP contribution in [0.4, 0.5) is 5.69 Å². The van der Waals surface area contributed by atoms with Gasteiger partial charge in [0.05, 0.1) is 24.3 Å². The van der Waals surface area contributed by atoms with Crippen LogP contribution in [0.2, 0.25) is 0 Å². The maximum atomic E-state index is 11.9. The Morgan fingerprint density at radius 1 is 1.13 bits per heavy atom. The van der Waals surface area contributed by atoms with Gasteiger partial charge in [-0.25, -0.2) is 4.98 Å². The monoisotopic (exact) mass is 311 g/mol. The number of nitrogens with zero attached hydrogens (tertiary/aromatic N) is 1. The van der Waals surface area contributed by atoms with Gasteiger partial charge < -0.3 is 15.0 Å². The molecule has 5 nitrogen and oxygen atoms in total. The first-order valence-corrected chi connectivity index (χ1v) is 7.61. The molecule has 0 amide bonds. The van der Waals surface area contributed by atoms with E-state index >= 15 is 0 Å². The SMILES string of the molecule is CC.COc1ccc(CNc2cccc3nc[nH]c(=O)c23)cc1. The minimum atomic E-state index is -0.141. The molecule has 1 aromatic heterocycles.